The van der Waals surface area contributed by atoms with Crippen molar-refractivity contribution in [3.05, 3.63) is 23.8 Å². The fourth-order valence-electron chi connectivity index (χ4n) is 1.29. The molecule has 0 aromatic heterocycles. The topological polar surface area (TPSA) is 35.2 Å². The Labute approximate surface area is 107 Å². The fraction of sp³-hybridized carbons (Fsp3) is 0.400. The Morgan fingerprint density at radius 2 is 1.45 bits per heavy atom. The molecular formula is C10H7F8NO. The third-order valence-electron chi connectivity index (χ3n) is 2.11. The van der Waals surface area contributed by atoms with Gasteiger partial charge in [0.05, 0.1) is 5.56 Å². The number of alkyl halides is 8. The second-order valence-electron chi connectivity index (χ2n) is 3.68. The summed E-state index contributed by atoms with van der Waals surface area (Å²) < 4.78 is 102. The van der Waals surface area contributed by atoms with E-state index in [1.165, 1.54) is 0 Å². The number of nitrogens with two attached hydrogens (primary N) is 1. The van der Waals surface area contributed by atoms with Crippen LogP contribution in [-0.2, 0) is 0 Å². The molecule has 0 unspecified atom stereocenters. The van der Waals surface area contributed by atoms with E-state index in [-0.39, 0.29) is 5.69 Å². The fourth-order valence-corrected chi connectivity index (χ4v) is 1.29. The highest BCUT2D eigenvalue weighted by Crippen LogP contribution is 2.39. The average Bonchev–Trinajstić information content (AvgIpc) is 2.23. The van der Waals surface area contributed by atoms with Crippen molar-refractivity contribution in [1.82, 2.24) is 0 Å². The Balaban J connectivity index is 3.19. The Morgan fingerprint density at radius 3 is 1.85 bits per heavy atom. The predicted octanol–water partition coefficient (Wildman–Crippen LogP) is 4.08. The molecule has 10 heteroatoms. The van der Waals surface area contributed by atoms with Crippen LogP contribution in [0.25, 0.3) is 0 Å². The van der Waals surface area contributed by atoms with Crippen molar-refractivity contribution in [1.29, 1.82) is 0 Å². The van der Waals surface area contributed by atoms with Crippen molar-refractivity contribution < 1.29 is 39.9 Å². The zero-order valence-corrected chi connectivity index (χ0v) is 9.40. The van der Waals surface area contributed by atoms with E-state index in [1.54, 1.807) is 0 Å². The van der Waals surface area contributed by atoms with Gasteiger partial charge in [-0.2, -0.15) is 26.3 Å². The molecular weight excluding hydrogens is 302 g/mol. The van der Waals surface area contributed by atoms with Gasteiger partial charge in [-0.15, -0.1) is 0 Å². The molecule has 0 bridgehead atoms. The van der Waals surface area contributed by atoms with Gasteiger partial charge >= 0.3 is 12.4 Å². The summed E-state index contributed by atoms with van der Waals surface area (Å²) in [6, 6.07) is 1.93. The molecule has 0 aliphatic rings. The lowest BCUT2D eigenvalue weighted by atomic mass is 10.2. The molecule has 1 aromatic carbocycles. The van der Waals surface area contributed by atoms with Crippen LogP contribution >= 0.6 is 0 Å². The molecule has 0 fully saturated rings. The van der Waals surface area contributed by atoms with Gasteiger partial charge in [0.2, 0.25) is 0 Å². The predicted molar refractivity (Wildman–Crippen MR) is 52.3 cm³/mol. The van der Waals surface area contributed by atoms with Crippen LogP contribution in [0.5, 0.6) is 5.75 Å². The van der Waals surface area contributed by atoms with Gasteiger partial charge in [0, 0.05) is 5.69 Å². The Hall–Kier alpha value is -1.74. The zero-order chi connectivity index (χ0) is 15.7. The Bertz CT molecular complexity index is 453. The quantitative estimate of drug-likeness (QED) is 0.674. The molecule has 0 saturated heterocycles. The second kappa shape index (κ2) is 5.33. The van der Waals surface area contributed by atoms with Crippen LogP contribution in [0.2, 0.25) is 0 Å². The van der Waals surface area contributed by atoms with Gasteiger partial charge in [-0.05, 0) is 18.2 Å². The third kappa shape index (κ3) is 3.87. The minimum atomic E-state index is -5.79. The Morgan fingerprint density at radius 1 is 0.950 bits per heavy atom. The first-order valence-corrected chi connectivity index (χ1v) is 4.90. The number of rotatable bonds is 3. The van der Waals surface area contributed by atoms with Crippen molar-refractivity contribution in [3.8, 4) is 5.75 Å². The lowest BCUT2D eigenvalue weighted by molar-refractivity contribution is -0.300. The van der Waals surface area contributed by atoms with E-state index in [1.807, 2.05) is 0 Å². The van der Waals surface area contributed by atoms with Gasteiger partial charge < -0.3 is 10.5 Å². The number of halogens is 8. The highest BCUT2D eigenvalue weighted by molar-refractivity contribution is 5.48. The average molecular weight is 309 g/mol. The molecule has 0 aliphatic carbocycles. The summed E-state index contributed by atoms with van der Waals surface area (Å²) in [5, 5.41) is 0. The molecule has 1 aromatic rings. The van der Waals surface area contributed by atoms with E-state index in [4.69, 9.17) is 5.73 Å². The monoisotopic (exact) mass is 309 g/mol. The number of benzene rings is 1. The van der Waals surface area contributed by atoms with Crippen molar-refractivity contribution in [2.45, 2.75) is 24.9 Å². The molecule has 0 spiro atoms. The summed E-state index contributed by atoms with van der Waals surface area (Å²) in [7, 11) is 0. The summed E-state index contributed by atoms with van der Waals surface area (Å²) in [5.74, 6) is -1.23. The summed E-state index contributed by atoms with van der Waals surface area (Å²) in [5.41, 5.74) is 3.74. The number of nitrogen functional groups attached to an aromatic ring is 1. The Kier molecular flexibility index (Phi) is 4.35. The van der Waals surface area contributed by atoms with E-state index in [9.17, 15) is 35.1 Å². The molecule has 0 aliphatic heterocycles. The molecule has 0 heterocycles. The zero-order valence-electron chi connectivity index (χ0n) is 9.40. The lowest BCUT2D eigenvalue weighted by Crippen LogP contribution is -2.46. The summed E-state index contributed by atoms with van der Waals surface area (Å²) in [6.45, 7) is 0. The molecule has 0 saturated carbocycles. The number of hydrogen-bond donors (Lipinski definition) is 1. The minimum Gasteiger partial charge on any atom is -0.471 e. The van der Waals surface area contributed by atoms with Crippen LogP contribution in [0.1, 0.15) is 12.0 Å². The molecule has 114 valence electrons. The minimum absolute atomic E-state index is 0.247. The largest absolute Gasteiger partial charge is 0.471 e. The van der Waals surface area contributed by atoms with Gasteiger partial charge in [0.25, 0.3) is 12.5 Å². The molecule has 2 N–H and O–H groups in total. The van der Waals surface area contributed by atoms with Gasteiger partial charge in [0.15, 0.2) is 0 Å². The van der Waals surface area contributed by atoms with E-state index in [0.29, 0.717) is 12.1 Å². The van der Waals surface area contributed by atoms with Gasteiger partial charge in [-0.3, -0.25) is 0 Å². The van der Waals surface area contributed by atoms with Gasteiger partial charge in [-0.1, -0.05) is 0 Å². The molecule has 1 rings (SSSR count). The van der Waals surface area contributed by atoms with Crippen molar-refractivity contribution in [3.63, 3.8) is 0 Å². The smallest absolute Gasteiger partial charge is 0.434 e. The molecule has 0 amide bonds. The normalized spacial score (nSPS) is 13.1. The van der Waals surface area contributed by atoms with Gasteiger partial charge in [0.1, 0.15) is 5.75 Å². The maximum Gasteiger partial charge on any atom is 0.434 e. The maximum absolute atomic E-state index is 12.6. The first-order valence-electron chi connectivity index (χ1n) is 4.90. The molecule has 0 radical (unpaired) electrons. The van der Waals surface area contributed by atoms with Crippen LogP contribution in [0.4, 0.5) is 40.8 Å². The first-order chi connectivity index (χ1) is 8.93. The van der Waals surface area contributed by atoms with Crippen LogP contribution in [0.15, 0.2) is 18.2 Å². The van der Waals surface area contributed by atoms with Crippen LogP contribution in [0.3, 0.4) is 0 Å². The van der Waals surface area contributed by atoms with Crippen LogP contribution < -0.4 is 10.5 Å². The number of ether oxygens (including phenoxy) is 1. The molecule has 0 atom stereocenters. The van der Waals surface area contributed by atoms with Crippen molar-refractivity contribution in [2.24, 2.45) is 0 Å². The molecule has 20 heavy (non-hydrogen) atoms. The number of anilines is 1. The third-order valence-corrected chi connectivity index (χ3v) is 2.11. The van der Waals surface area contributed by atoms with Crippen molar-refractivity contribution >= 4 is 5.69 Å². The molecule has 2 nitrogen and oxygen atoms in total. The highest BCUT2D eigenvalue weighted by atomic mass is 19.4. The summed E-state index contributed by atoms with van der Waals surface area (Å²) in [4.78, 5) is 0. The summed E-state index contributed by atoms with van der Waals surface area (Å²) in [6.07, 6.45) is -19.1. The lowest BCUT2D eigenvalue weighted by Gasteiger charge is -2.25. The van der Waals surface area contributed by atoms with Gasteiger partial charge in [-0.25, -0.2) is 8.78 Å². The van der Waals surface area contributed by atoms with E-state index in [2.05, 4.69) is 4.74 Å². The van der Waals surface area contributed by atoms with E-state index < -0.39 is 36.2 Å². The standard InChI is InChI=1S/C10H7F8NO/c11-7(12)5-3-4(19)1-2-6(5)20-8(9(13,14)15)10(16,17)18/h1-3,7-8H,19H2. The van der Waals surface area contributed by atoms with Crippen LogP contribution in [0, 0.1) is 0 Å². The highest BCUT2D eigenvalue weighted by Gasteiger charge is 2.59. The van der Waals surface area contributed by atoms with E-state index in [0.717, 1.165) is 6.07 Å². The first kappa shape index (κ1) is 16.3. The maximum atomic E-state index is 12.6. The van der Waals surface area contributed by atoms with E-state index >= 15 is 0 Å². The van der Waals surface area contributed by atoms with Crippen molar-refractivity contribution in [2.75, 3.05) is 5.73 Å². The summed E-state index contributed by atoms with van der Waals surface area (Å²) >= 11 is 0. The van der Waals surface area contributed by atoms with Crippen LogP contribution in [-0.4, -0.2) is 18.5 Å². The second-order valence-corrected chi connectivity index (χ2v) is 3.68. The number of hydrogen-bond acceptors (Lipinski definition) is 2. The SMILES string of the molecule is Nc1ccc(OC(C(F)(F)F)C(F)(F)F)c(C(F)F)c1.